The molecule has 3 rings (SSSR count). The number of aryl methyl sites for hydroxylation is 1. The van der Waals surface area contributed by atoms with Gasteiger partial charge >= 0.3 is 0 Å². The van der Waals surface area contributed by atoms with E-state index in [-0.39, 0.29) is 5.91 Å². The van der Waals surface area contributed by atoms with Gasteiger partial charge in [-0.2, -0.15) is 5.10 Å². The van der Waals surface area contributed by atoms with E-state index in [1.165, 1.54) is 0 Å². The van der Waals surface area contributed by atoms with Gasteiger partial charge in [-0.25, -0.2) is 4.98 Å². The molecule has 0 unspecified atom stereocenters. The second-order valence-corrected chi connectivity index (χ2v) is 5.91. The van der Waals surface area contributed by atoms with Crippen LogP contribution in [0.25, 0.3) is 11.0 Å². The Morgan fingerprint density at radius 1 is 1.43 bits per heavy atom. The predicted molar refractivity (Wildman–Crippen MR) is 88.2 cm³/mol. The number of rotatable bonds is 5. The number of carbonyl (C=O) groups is 1. The Labute approximate surface area is 135 Å². The van der Waals surface area contributed by atoms with Crippen molar-refractivity contribution in [1.82, 2.24) is 19.7 Å². The average molecular weight is 317 g/mol. The lowest BCUT2D eigenvalue weighted by atomic mass is 10.0. The fourth-order valence-electron chi connectivity index (χ4n) is 3.01. The highest BCUT2D eigenvalue weighted by Crippen LogP contribution is 2.24. The van der Waals surface area contributed by atoms with E-state index >= 15 is 0 Å². The molecular weight excluding hydrogens is 294 g/mol. The number of nitrogens with zero attached hydrogens (tertiary/aromatic N) is 4. The Hall–Kier alpha value is -2.15. The first-order valence-corrected chi connectivity index (χ1v) is 7.99. The molecule has 1 saturated heterocycles. The number of pyridine rings is 1. The zero-order valence-electron chi connectivity index (χ0n) is 13.7. The van der Waals surface area contributed by atoms with Crippen LogP contribution in [0.5, 0.6) is 0 Å². The van der Waals surface area contributed by atoms with Crippen molar-refractivity contribution in [2.45, 2.75) is 25.3 Å². The summed E-state index contributed by atoms with van der Waals surface area (Å²) >= 11 is 0. The first-order chi connectivity index (χ1) is 11.2. The van der Waals surface area contributed by atoms with Crippen LogP contribution in [-0.2, 0) is 16.6 Å². The van der Waals surface area contributed by atoms with Gasteiger partial charge in [0.05, 0.1) is 24.6 Å². The summed E-state index contributed by atoms with van der Waals surface area (Å²) in [6.45, 7) is 2.08. The standard InChI is InChI=1S/C16H23N5O2/c1-20-16-13(11-18-20)14(3-7-17-16)19-12-4-8-21(9-5-12)15(22)6-10-23-2/h3,7,11-12H,4-6,8-10H2,1-2H3,(H,17,19). The lowest BCUT2D eigenvalue weighted by Crippen LogP contribution is -2.42. The Balaban J connectivity index is 1.59. The van der Waals surface area contributed by atoms with E-state index in [2.05, 4.69) is 15.4 Å². The molecule has 0 radical (unpaired) electrons. The summed E-state index contributed by atoms with van der Waals surface area (Å²) in [6, 6.07) is 2.35. The highest BCUT2D eigenvalue weighted by atomic mass is 16.5. The average Bonchev–Trinajstić information content (AvgIpc) is 2.96. The third-order valence-corrected chi connectivity index (χ3v) is 4.36. The van der Waals surface area contributed by atoms with Gasteiger partial charge in [0, 0.05) is 45.2 Å². The van der Waals surface area contributed by atoms with E-state index in [0.29, 0.717) is 19.1 Å². The topological polar surface area (TPSA) is 72.3 Å². The van der Waals surface area contributed by atoms with Crippen LogP contribution in [0.15, 0.2) is 18.5 Å². The van der Waals surface area contributed by atoms with Crippen LogP contribution in [0.2, 0.25) is 0 Å². The summed E-state index contributed by atoms with van der Waals surface area (Å²) < 4.78 is 6.75. The van der Waals surface area contributed by atoms with Crippen molar-refractivity contribution in [2.75, 3.05) is 32.1 Å². The number of amides is 1. The van der Waals surface area contributed by atoms with Gasteiger partial charge in [-0.15, -0.1) is 0 Å². The second-order valence-electron chi connectivity index (χ2n) is 5.91. The molecule has 23 heavy (non-hydrogen) atoms. The summed E-state index contributed by atoms with van der Waals surface area (Å²) in [4.78, 5) is 18.3. The fraction of sp³-hybridized carbons (Fsp3) is 0.562. The van der Waals surface area contributed by atoms with Crippen molar-refractivity contribution in [1.29, 1.82) is 0 Å². The molecule has 1 aliphatic rings. The number of likely N-dealkylation sites (tertiary alicyclic amines) is 1. The van der Waals surface area contributed by atoms with Crippen molar-refractivity contribution in [3.63, 3.8) is 0 Å². The molecule has 0 aromatic carbocycles. The molecule has 3 heterocycles. The largest absolute Gasteiger partial charge is 0.384 e. The molecule has 2 aromatic rings. The number of hydrogen-bond donors (Lipinski definition) is 1. The monoisotopic (exact) mass is 317 g/mol. The predicted octanol–water partition coefficient (Wildman–Crippen LogP) is 1.41. The third-order valence-electron chi connectivity index (χ3n) is 4.36. The summed E-state index contributed by atoms with van der Waals surface area (Å²) in [5.74, 6) is 0.184. The Morgan fingerprint density at radius 2 is 2.22 bits per heavy atom. The minimum atomic E-state index is 0.184. The highest BCUT2D eigenvalue weighted by Gasteiger charge is 2.23. The summed E-state index contributed by atoms with van der Waals surface area (Å²) in [7, 11) is 3.51. The molecule has 0 spiro atoms. The molecule has 0 bridgehead atoms. The van der Waals surface area contributed by atoms with E-state index in [1.807, 2.05) is 24.2 Å². The van der Waals surface area contributed by atoms with Crippen LogP contribution in [0, 0.1) is 0 Å². The number of anilines is 1. The fourth-order valence-corrected chi connectivity index (χ4v) is 3.01. The number of carbonyl (C=O) groups excluding carboxylic acids is 1. The van der Waals surface area contributed by atoms with Crippen molar-refractivity contribution in [3.8, 4) is 0 Å². The lowest BCUT2D eigenvalue weighted by molar-refractivity contribution is -0.133. The molecule has 1 N–H and O–H groups in total. The number of piperidine rings is 1. The van der Waals surface area contributed by atoms with Gasteiger partial charge in [0.1, 0.15) is 0 Å². The van der Waals surface area contributed by atoms with Gasteiger partial charge in [0.25, 0.3) is 0 Å². The molecular formula is C16H23N5O2. The molecule has 7 nitrogen and oxygen atoms in total. The molecule has 2 aromatic heterocycles. The van der Waals surface area contributed by atoms with E-state index in [4.69, 9.17) is 4.74 Å². The van der Waals surface area contributed by atoms with Crippen LogP contribution < -0.4 is 5.32 Å². The van der Waals surface area contributed by atoms with E-state index < -0.39 is 0 Å². The van der Waals surface area contributed by atoms with Gasteiger partial charge in [-0.1, -0.05) is 0 Å². The number of fused-ring (bicyclic) bond motifs is 1. The van der Waals surface area contributed by atoms with Crippen molar-refractivity contribution < 1.29 is 9.53 Å². The highest BCUT2D eigenvalue weighted by molar-refractivity contribution is 5.88. The molecule has 0 aliphatic carbocycles. The van der Waals surface area contributed by atoms with E-state index in [9.17, 15) is 4.79 Å². The molecule has 1 aliphatic heterocycles. The first kappa shape index (κ1) is 15.7. The molecule has 1 fully saturated rings. The van der Waals surface area contributed by atoms with Gasteiger partial charge in [0.15, 0.2) is 5.65 Å². The maximum atomic E-state index is 12.0. The molecule has 0 saturated carbocycles. The third kappa shape index (κ3) is 3.44. The van der Waals surface area contributed by atoms with E-state index in [1.54, 1.807) is 18.0 Å². The Bertz CT molecular complexity index is 676. The SMILES string of the molecule is COCCC(=O)N1CCC(Nc2ccnc3c2cnn3C)CC1. The number of ether oxygens (including phenoxy) is 1. The zero-order chi connectivity index (χ0) is 16.2. The summed E-state index contributed by atoms with van der Waals surface area (Å²) in [5.41, 5.74) is 1.94. The van der Waals surface area contributed by atoms with Gasteiger partial charge in [0.2, 0.25) is 5.91 Å². The van der Waals surface area contributed by atoms with E-state index in [0.717, 1.165) is 42.7 Å². The zero-order valence-corrected chi connectivity index (χ0v) is 13.7. The van der Waals surface area contributed by atoms with Crippen molar-refractivity contribution >= 4 is 22.6 Å². The second kappa shape index (κ2) is 6.95. The Kier molecular flexibility index (Phi) is 4.76. The van der Waals surface area contributed by atoms with Crippen LogP contribution in [0.4, 0.5) is 5.69 Å². The molecule has 1 amide bonds. The molecule has 124 valence electrons. The normalized spacial score (nSPS) is 16.0. The maximum absolute atomic E-state index is 12.0. The number of hydrogen-bond acceptors (Lipinski definition) is 5. The minimum absolute atomic E-state index is 0.184. The van der Waals surface area contributed by atoms with Crippen LogP contribution >= 0.6 is 0 Å². The maximum Gasteiger partial charge on any atom is 0.224 e. The first-order valence-electron chi connectivity index (χ1n) is 7.99. The van der Waals surface area contributed by atoms with Crippen molar-refractivity contribution in [2.24, 2.45) is 7.05 Å². The molecule has 7 heteroatoms. The number of methoxy groups -OCH3 is 1. The lowest BCUT2D eigenvalue weighted by Gasteiger charge is -2.33. The summed E-state index contributed by atoms with van der Waals surface area (Å²) in [6.07, 6.45) is 6.00. The van der Waals surface area contributed by atoms with Crippen molar-refractivity contribution in [3.05, 3.63) is 18.5 Å². The van der Waals surface area contributed by atoms with Gasteiger partial charge in [-0.05, 0) is 18.9 Å². The molecule has 0 atom stereocenters. The number of nitrogens with one attached hydrogen (secondary N) is 1. The van der Waals surface area contributed by atoms with Gasteiger partial charge < -0.3 is 15.0 Å². The quantitative estimate of drug-likeness (QED) is 0.902. The smallest absolute Gasteiger partial charge is 0.224 e. The Morgan fingerprint density at radius 3 is 2.96 bits per heavy atom. The van der Waals surface area contributed by atoms with Crippen LogP contribution in [0.1, 0.15) is 19.3 Å². The minimum Gasteiger partial charge on any atom is -0.384 e. The van der Waals surface area contributed by atoms with Crippen LogP contribution in [-0.4, -0.2) is 58.4 Å². The van der Waals surface area contributed by atoms with Crippen LogP contribution in [0.3, 0.4) is 0 Å². The number of aromatic nitrogens is 3. The van der Waals surface area contributed by atoms with Gasteiger partial charge in [-0.3, -0.25) is 9.48 Å². The summed E-state index contributed by atoms with van der Waals surface area (Å²) in [5, 5.41) is 8.88.